The van der Waals surface area contributed by atoms with Crippen LogP contribution in [0, 0.1) is 0 Å². The maximum Gasteiger partial charge on any atom is 0.217 e. The van der Waals surface area contributed by atoms with Gasteiger partial charge in [-0.25, -0.2) is 9.97 Å². The van der Waals surface area contributed by atoms with Crippen molar-refractivity contribution in [1.29, 1.82) is 0 Å². The summed E-state index contributed by atoms with van der Waals surface area (Å²) in [5.41, 5.74) is 1.64. The molecule has 0 bridgehead atoms. The number of benzene rings is 2. The first-order valence-corrected chi connectivity index (χ1v) is 12.3. The second-order valence-corrected chi connectivity index (χ2v) is 9.39. The number of hydrogen-bond donors (Lipinski definition) is 3. The van der Waals surface area contributed by atoms with E-state index in [2.05, 4.69) is 25.6 Å². The van der Waals surface area contributed by atoms with E-state index in [0.29, 0.717) is 44.5 Å². The van der Waals surface area contributed by atoms with E-state index in [9.17, 15) is 9.59 Å². The predicted molar refractivity (Wildman–Crippen MR) is 139 cm³/mol. The number of ether oxygens (including phenoxy) is 1. The van der Waals surface area contributed by atoms with E-state index in [1.54, 1.807) is 61.7 Å². The second kappa shape index (κ2) is 10.4. The lowest BCUT2D eigenvalue weighted by Gasteiger charge is -2.29. The van der Waals surface area contributed by atoms with Gasteiger partial charge in [-0.3, -0.25) is 9.59 Å². The summed E-state index contributed by atoms with van der Waals surface area (Å²) in [6.45, 7) is 1.55. The molecule has 36 heavy (non-hydrogen) atoms. The van der Waals surface area contributed by atoms with Gasteiger partial charge in [-0.15, -0.1) is 0 Å². The van der Waals surface area contributed by atoms with Crippen LogP contribution in [0.1, 0.15) is 48.5 Å². The Bertz CT molecular complexity index is 1380. The quantitative estimate of drug-likeness (QED) is 0.287. The minimum atomic E-state index is -0.133. The summed E-state index contributed by atoms with van der Waals surface area (Å²) >= 11 is 5.93. The normalized spacial score (nSPS) is 17.5. The molecule has 0 saturated heterocycles. The number of rotatable bonds is 7. The van der Waals surface area contributed by atoms with Gasteiger partial charge >= 0.3 is 0 Å². The number of ketones is 1. The lowest BCUT2D eigenvalue weighted by molar-refractivity contribution is -0.119. The summed E-state index contributed by atoms with van der Waals surface area (Å²) in [5.74, 6) is 1.79. The first kappa shape index (κ1) is 23.8. The van der Waals surface area contributed by atoms with Gasteiger partial charge in [0.1, 0.15) is 29.3 Å². The minimum Gasteiger partial charge on any atom is -0.457 e. The van der Waals surface area contributed by atoms with Crippen molar-refractivity contribution in [1.82, 2.24) is 20.3 Å². The van der Waals surface area contributed by atoms with E-state index in [-0.39, 0.29) is 23.8 Å². The molecule has 2 heterocycles. The zero-order valence-corrected chi connectivity index (χ0v) is 20.5. The molecule has 1 amide bonds. The largest absolute Gasteiger partial charge is 0.457 e. The third-order valence-electron chi connectivity index (χ3n) is 6.36. The smallest absolute Gasteiger partial charge is 0.217 e. The van der Waals surface area contributed by atoms with Crippen LogP contribution in [0.15, 0.2) is 61.1 Å². The Hall–Kier alpha value is -3.91. The third-order valence-corrected chi connectivity index (χ3v) is 6.61. The van der Waals surface area contributed by atoms with E-state index in [1.807, 2.05) is 0 Å². The molecule has 1 fully saturated rings. The number of carbonyl (C=O) groups is 2. The molecule has 3 N–H and O–H groups in total. The lowest BCUT2D eigenvalue weighted by Crippen LogP contribution is -2.39. The third kappa shape index (κ3) is 5.33. The number of halogens is 1. The highest BCUT2D eigenvalue weighted by Gasteiger charge is 2.24. The maximum absolute atomic E-state index is 13.4. The summed E-state index contributed by atoms with van der Waals surface area (Å²) in [7, 11) is 0. The van der Waals surface area contributed by atoms with Crippen molar-refractivity contribution in [3.8, 4) is 11.5 Å². The maximum atomic E-state index is 13.4. The van der Waals surface area contributed by atoms with Crippen molar-refractivity contribution in [2.45, 2.75) is 44.7 Å². The molecular weight excluding hydrogens is 478 g/mol. The summed E-state index contributed by atoms with van der Waals surface area (Å²) < 4.78 is 5.83. The summed E-state index contributed by atoms with van der Waals surface area (Å²) in [6.07, 6.45) is 6.77. The Morgan fingerprint density at radius 3 is 2.25 bits per heavy atom. The molecule has 4 aromatic rings. The molecule has 0 atom stereocenters. The average Bonchev–Trinajstić information content (AvgIpc) is 3.32. The average molecular weight is 504 g/mol. The number of aromatic amines is 1. The van der Waals surface area contributed by atoms with Crippen LogP contribution in [0.5, 0.6) is 11.5 Å². The summed E-state index contributed by atoms with van der Waals surface area (Å²) in [6, 6.07) is 14.5. The van der Waals surface area contributed by atoms with Crippen LogP contribution < -0.4 is 15.4 Å². The molecule has 2 aromatic heterocycles. The van der Waals surface area contributed by atoms with Crippen LogP contribution in [0.2, 0.25) is 5.02 Å². The number of H-pyrrole nitrogens is 1. The lowest BCUT2D eigenvalue weighted by atomic mass is 9.91. The van der Waals surface area contributed by atoms with Crippen molar-refractivity contribution in [3.05, 3.63) is 77.2 Å². The molecule has 0 unspecified atom stereocenters. The highest BCUT2D eigenvalue weighted by Crippen LogP contribution is 2.30. The molecule has 0 aliphatic heterocycles. The molecule has 0 radical (unpaired) electrons. The molecular formula is C27H26ClN5O3. The molecule has 184 valence electrons. The van der Waals surface area contributed by atoms with Crippen LogP contribution in [-0.2, 0) is 4.79 Å². The van der Waals surface area contributed by atoms with Gasteiger partial charge in [0, 0.05) is 35.8 Å². The van der Waals surface area contributed by atoms with E-state index in [1.165, 1.54) is 6.33 Å². The van der Waals surface area contributed by atoms with Gasteiger partial charge in [0.15, 0.2) is 5.78 Å². The minimum absolute atomic E-state index is 0.00368. The Kier molecular flexibility index (Phi) is 6.86. The Labute approximate surface area is 213 Å². The Morgan fingerprint density at radius 2 is 1.58 bits per heavy atom. The standard InChI is InChI=1S/C27H26ClN5O3/c1-16(34)32-19-6-8-20(9-7-19)33-27-24-23(14-29-26(24)30-15-31-27)25(35)17-2-10-21(11-3-17)36-22-12-4-18(28)5-13-22/h2-5,10-15,19-20H,6-9H2,1H3,(H,32,34)(H2,29,30,31,33). The first-order chi connectivity index (χ1) is 17.5. The summed E-state index contributed by atoms with van der Waals surface area (Å²) in [5, 5.41) is 7.81. The van der Waals surface area contributed by atoms with Gasteiger partial charge in [-0.1, -0.05) is 11.6 Å². The number of fused-ring (bicyclic) bond motifs is 1. The van der Waals surface area contributed by atoms with Crippen molar-refractivity contribution >= 4 is 40.1 Å². The number of nitrogens with one attached hydrogen (secondary N) is 3. The number of amides is 1. The fourth-order valence-electron chi connectivity index (χ4n) is 4.58. The van der Waals surface area contributed by atoms with Crippen LogP contribution in [0.3, 0.4) is 0 Å². The molecule has 1 aliphatic rings. The molecule has 2 aromatic carbocycles. The van der Waals surface area contributed by atoms with E-state index in [4.69, 9.17) is 16.3 Å². The van der Waals surface area contributed by atoms with Gasteiger partial charge in [0.05, 0.1) is 10.9 Å². The molecule has 1 aliphatic carbocycles. The zero-order valence-electron chi connectivity index (χ0n) is 19.8. The number of aromatic nitrogens is 3. The van der Waals surface area contributed by atoms with Crippen molar-refractivity contribution in [3.63, 3.8) is 0 Å². The van der Waals surface area contributed by atoms with Crippen LogP contribution in [-0.4, -0.2) is 38.7 Å². The zero-order chi connectivity index (χ0) is 25.1. The number of hydrogen-bond acceptors (Lipinski definition) is 6. The monoisotopic (exact) mass is 503 g/mol. The first-order valence-electron chi connectivity index (χ1n) is 11.9. The van der Waals surface area contributed by atoms with Crippen LogP contribution in [0.4, 0.5) is 5.82 Å². The van der Waals surface area contributed by atoms with E-state index in [0.717, 1.165) is 25.7 Å². The fourth-order valence-corrected chi connectivity index (χ4v) is 4.71. The highest BCUT2D eigenvalue weighted by atomic mass is 35.5. The van der Waals surface area contributed by atoms with Gasteiger partial charge in [-0.2, -0.15) is 0 Å². The Morgan fingerprint density at radius 1 is 0.944 bits per heavy atom. The predicted octanol–water partition coefficient (Wildman–Crippen LogP) is 5.49. The number of carbonyl (C=O) groups excluding carboxylic acids is 2. The van der Waals surface area contributed by atoms with Crippen molar-refractivity contribution in [2.75, 3.05) is 5.32 Å². The topological polar surface area (TPSA) is 109 Å². The van der Waals surface area contributed by atoms with Crippen LogP contribution in [0.25, 0.3) is 11.0 Å². The highest BCUT2D eigenvalue weighted by molar-refractivity contribution is 6.30. The molecule has 8 nitrogen and oxygen atoms in total. The van der Waals surface area contributed by atoms with Gasteiger partial charge in [0.25, 0.3) is 0 Å². The molecule has 9 heteroatoms. The van der Waals surface area contributed by atoms with Gasteiger partial charge in [0.2, 0.25) is 5.91 Å². The summed E-state index contributed by atoms with van der Waals surface area (Å²) in [4.78, 5) is 36.6. The van der Waals surface area contributed by atoms with Gasteiger partial charge < -0.3 is 20.4 Å². The Balaban J connectivity index is 1.32. The number of anilines is 1. The van der Waals surface area contributed by atoms with E-state index >= 15 is 0 Å². The second-order valence-electron chi connectivity index (χ2n) is 8.95. The number of nitrogens with zero attached hydrogens (tertiary/aromatic N) is 2. The van der Waals surface area contributed by atoms with Crippen LogP contribution >= 0.6 is 11.6 Å². The molecule has 5 rings (SSSR count). The SMILES string of the molecule is CC(=O)NC1CCC(Nc2ncnc3[nH]cc(C(=O)c4ccc(Oc5ccc(Cl)cc5)cc4)c23)CC1. The fraction of sp³-hybridized carbons (Fsp3) is 0.259. The van der Waals surface area contributed by atoms with Crippen molar-refractivity contribution in [2.24, 2.45) is 0 Å². The van der Waals surface area contributed by atoms with Gasteiger partial charge in [-0.05, 0) is 74.2 Å². The molecule has 1 saturated carbocycles. The molecule has 0 spiro atoms. The van der Waals surface area contributed by atoms with E-state index < -0.39 is 0 Å². The van der Waals surface area contributed by atoms with Crippen molar-refractivity contribution < 1.29 is 14.3 Å².